The maximum atomic E-state index is 3.18. The first-order chi connectivity index (χ1) is 7.06. The Morgan fingerprint density at radius 2 is 2.00 bits per heavy atom. The second-order valence-electron chi connectivity index (χ2n) is 4.35. The molecular weight excluding hydrogens is 184 g/mol. The highest BCUT2D eigenvalue weighted by molar-refractivity contribution is 5.50. The molecule has 0 unspecified atom stereocenters. The van der Waals surface area contributed by atoms with Crippen LogP contribution in [0.3, 0.4) is 0 Å². The molecule has 0 spiro atoms. The monoisotopic (exact) mass is 206 g/mol. The van der Waals surface area contributed by atoms with Crippen LogP contribution in [0.2, 0.25) is 0 Å². The van der Waals surface area contributed by atoms with Crippen molar-refractivity contribution in [2.24, 2.45) is 0 Å². The lowest BCUT2D eigenvalue weighted by Crippen LogP contribution is -2.25. The molecule has 1 aromatic carbocycles. The van der Waals surface area contributed by atoms with Crippen molar-refractivity contribution >= 4 is 5.69 Å². The van der Waals surface area contributed by atoms with Crippen molar-refractivity contribution in [1.29, 1.82) is 0 Å². The van der Waals surface area contributed by atoms with Gasteiger partial charge in [0.15, 0.2) is 0 Å². The van der Waals surface area contributed by atoms with Gasteiger partial charge in [-0.15, -0.1) is 0 Å². The van der Waals surface area contributed by atoms with E-state index in [1.807, 2.05) is 7.05 Å². The Labute approximate surface area is 93.3 Å². The number of benzene rings is 1. The molecule has 0 aliphatic rings. The zero-order valence-electron chi connectivity index (χ0n) is 10.5. The molecule has 0 aliphatic heterocycles. The molecule has 0 aliphatic carbocycles. The minimum absolute atomic E-state index is 0.541. The zero-order chi connectivity index (χ0) is 11.4. The third-order valence-electron chi connectivity index (χ3n) is 2.88. The Kier molecular flexibility index (Phi) is 4.15. The first-order valence-corrected chi connectivity index (χ1v) is 5.53. The molecule has 15 heavy (non-hydrogen) atoms. The molecule has 0 radical (unpaired) electrons. The van der Waals surface area contributed by atoms with Crippen molar-refractivity contribution < 1.29 is 0 Å². The van der Waals surface area contributed by atoms with Crippen LogP contribution in [-0.2, 0) is 6.54 Å². The quantitative estimate of drug-likeness (QED) is 0.814. The normalized spacial score (nSPS) is 10.8. The predicted molar refractivity (Wildman–Crippen MR) is 67.5 cm³/mol. The Morgan fingerprint density at radius 3 is 2.47 bits per heavy atom. The average Bonchev–Trinajstić information content (AvgIpc) is 2.20. The molecule has 84 valence electrons. The van der Waals surface area contributed by atoms with Gasteiger partial charge in [0.2, 0.25) is 0 Å². The fraction of sp³-hybridized carbons (Fsp3) is 0.538. The molecule has 0 amide bonds. The number of nitrogens with one attached hydrogen (secondary N) is 1. The molecule has 1 N–H and O–H groups in total. The summed E-state index contributed by atoms with van der Waals surface area (Å²) in [5, 5.41) is 3.18. The molecule has 0 saturated carbocycles. The molecule has 1 rings (SSSR count). The lowest BCUT2D eigenvalue weighted by molar-refractivity contribution is 0.753. The Bertz CT molecular complexity index is 318. The van der Waals surface area contributed by atoms with Crippen LogP contribution >= 0.6 is 0 Å². The second kappa shape index (κ2) is 5.17. The maximum absolute atomic E-state index is 3.18. The molecule has 0 fully saturated rings. The molecule has 0 saturated heterocycles. The molecule has 2 heteroatoms. The van der Waals surface area contributed by atoms with Gasteiger partial charge in [-0.1, -0.05) is 6.07 Å². The van der Waals surface area contributed by atoms with E-state index in [0.29, 0.717) is 6.04 Å². The van der Waals surface area contributed by atoms with Crippen molar-refractivity contribution in [3.8, 4) is 0 Å². The summed E-state index contributed by atoms with van der Waals surface area (Å²) in [6.45, 7) is 7.52. The standard InChI is InChI=1S/C13H22N2/c1-10(2)15(5)13-7-6-12(9-14-4)11(3)8-13/h6-8,10,14H,9H2,1-5H3. The fourth-order valence-electron chi connectivity index (χ4n) is 1.59. The summed E-state index contributed by atoms with van der Waals surface area (Å²) in [5.74, 6) is 0. The molecule has 0 atom stereocenters. The van der Waals surface area contributed by atoms with Gasteiger partial charge < -0.3 is 10.2 Å². The number of hydrogen-bond acceptors (Lipinski definition) is 2. The molecule has 2 nitrogen and oxygen atoms in total. The van der Waals surface area contributed by atoms with E-state index < -0.39 is 0 Å². The number of anilines is 1. The van der Waals surface area contributed by atoms with Gasteiger partial charge in [0.25, 0.3) is 0 Å². The minimum atomic E-state index is 0.541. The largest absolute Gasteiger partial charge is 0.372 e. The number of hydrogen-bond donors (Lipinski definition) is 1. The number of nitrogens with zero attached hydrogens (tertiary/aromatic N) is 1. The zero-order valence-corrected chi connectivity index (χ0v) is 10.5. The van der Waals surface area contributed by atoms with Gasteiger partial charge in [-0.25, -0.2) is 0 Å². The van der Waals surface area contributed by atoms with Crippen LogP contribution in [0.5, 0.6) is 0 Å². The van der Waals surface area contributed by atoms with Gasteiger partial charge in [-0.3, -0.25) is 0 Å². The van der Waals surface area contributed by atoms with Crippen LogP contribution < -0.4 is 10.2 Å². The van der Waals surface area contributed by atoms with Gasteiger partial charge in [0.05, 0.1) is 0 Å². The van der Waals surface area contributed by atoms with E-state index in [1.165, 1.54) is 16.8 Å². The molecule has 1 aromatic rings. The van der Waals surface area contributed by atoms with Crippen molar-refractivity contribution in [3.63, 3.8) is 0 Å². The topological polar surface area (TPSA) is 15.3 Å². The smallest absolute Gasteiger partial charge is 0.0368 e. The van der Waals surface area contributed by atoms with Crippen molar-refractivity contribution in [1.82, 2.24) is 5.32 Å². The predicted octanol–water partition coefficient (Wildman–Crippen LogP) is 2.56. The van der Waals surface area contributed by atoms with Crippen molar-refractivity contribution in [2.45, 2.75) is 33.4 Å². The summed E-state index contributed by atoms with van der Waals surface area (Å²) < 4.78 is 0. The van der Waals surface area contributed by atoms with E-state index in [9.17, 15) is 0 Å². The lowest BCUT2D eigenvalue weighted by Gasteiger charge is -2.24. The van der Waals surface area contributed by atoms with Crippen LogP contribution in [-0.4, -0.2) is 20.1 Å². The van der Waals surface area contributed by atoms with Crippen LogP contribution in [0.4, 0.5) is 5.69 Å². The Morgan fingerprint density at radius 1 is 1.33 bits per heavy atom. The summed E-state index contributed by atoms with van der Waals surface area (Å²) in [5.41, 5.74) is 4.02. The fourth-order valence-corrected chi connectivity index (χ4v) is 1.59. The summed E-state index contributed by atoms with van der Waals surface area (Å²) in [6, 6.07) is 7.20. The number of aryl methyl sites for hydroxylation is 1. The minimum Gasteiger partial charge on any atom is -0.372 e. The maximum Gasteiger partial charge on any atom is 0.0368 e. The molecular formula is C13H22N2. The van der Waals surface area contributed by atoms with Crippen molar-refractivity contribution in [2.75, 3.05) is 19.0 Å². The van der Waals surface area contributed by atoms with E-state index in [0.717, 1.165) is 6.54 Å². The van der Waals surface area contributed by atoms with Crippen LogP contribution in [0.25, 0.3) is 0 Å². The van der Waals surface area contributed by atoms with E-state index in [1.54, 1.807) is 0 Å². The van der Waals surface area contributed by atoms with Gasteiger partial charge in [-0.05, 0) is 51.1 Å². The first kappa shape index (κ1) is 12.1. The summed E-state index contributed by atoms with van der Waals surface area (Å²) in [7, 11) is 4.12. The van der Waals surface area contributed by atoms with Crippen LogP contribution in [0.15, 0.2) is 18.2 Å². The molecule has 0 heterocycles. The summed E-state index contributed by atoms with van der Waals surface area (Å²) in [4.78, 5) is 2.29. The van der Waals surface area contributed by atoms with E-state index >= 15 is 0 Å². The first-order valence-electron chi connectivity index (χ1n) is 5.53. The third kappa shape index (κ3) is 2.96. The highest BCUT2D eigenvalue weighted by Crippen LogP contribution is 2.19. The van der Waals surface area contributed by atoms with E-state index in [-0.39, 0.29) is 0 Å². The van der Waals surface area contributed by atoms with E-state index in [4.69, 9.17) is 0 Å². The summed E-state index contributed by atoms with van der Waals surface area (Å²) >= 11 is 0. The number of rotatable bonds is 4. The Hall–Kier alpha value is -1.02. The third-order valence-corrected chi connectivity index (χ3v) is 2.88. The van der Waals surface area contributed by atoms with Crippen LogP contribution in [0, 0.1) is 6.92 Å². The van der Waals surface area contributed by atoms with Crippen molar-refractivity contribution in [3.05, 3.63) is 29.3 Å². The highest BCUT2D eigenvalue weighted by Gasteiger charge is 2.06. The van der Waals surface area contributed by atoms with Crippen LogP contribution in [0.1, 0.15) is 25.0 Å². The van der Waals surface area contributed by atoms with Gasteiger partial charge >= 0.3 is 0 Å². The van der Waals surface area contributed by atoms with Gasteiger partial charge in [0, 0.05) is 25.3 Å². The SMILES string of the molecule is CNCc1ccc(N(C)C(C)C)cc1C. The van der Waals surface area contributed by atoms with Gasteiger partial charge in [-0.2, -0.15) is 0 Å². The average molecular weight is 206 g/mol. The summed E-state index contributed by atoms with van der Waals surface area (Å²) in [6.07, 6.45) is 0. The second-order valence-corrected chi connectivity index (χ2v) is 4.35. The van der Waals surface area contributed by atoms with E-state index in [2.05, 4.69) is 56.2 Å². The van der Waals surface area contributed by atoms with Gasteiger partial charge in [0.1, 0.15) is 0 Å². The highest BCUT2D eigenvalue weighted by atomic mass is 15.1. The molecule has 0 aromatic heterocycles. The molecule has 0 bridgehead atoms. The lowest BCUT2D eigenvalue weighted by atomic mass is 10.1. The Balaban J connectivity index is 2.90.